The molecule has 1 N–H and O–H groups in total. The molecule has 1 nitrogen and oxygen atoms in total. The second kappa shape index (κ2) is 4.35. The fraction of sp³-hybridized carbons (Fsp3) is 0.895. The molecule has 3 saturated carbocycles. The van der Waals surface area contributed by atoms with Crippen LogP contribution in [0.2, 0.25) is 0 Å². The lowest BCUT2D eigenvalue weighted by Gasteiger charge is -2.57. The first-order valence-electron chi connectivity index (χ1n) is 8.90. The molecule has 0 aromatic carbocycles. The van der Waals surface area contributed by atoms with Crippen molar-refractivity contribution in [2.24, 2.45) is 28.6 Å². The first kappa shape index (κ1) is 13.4. The van der Waals surface area contributed by atoms with Crippen LogP contribution < -0.4 is 0 Å². The van der Waals surface area contributed by atoms with E-state index in [1.165, 1.54) is 44.9 Å². The average molecular weight is 274 g/mol. The Bertz CT molecular complexity index is 439. The minimum Gasteiger partial charge on any atom is -0.393 e. The summed E-state index contributed by atoms with van der Waals surface area (Å²) in [6.07, 6.45) is 14.3. The molecule has 0 saturated heterocycles. The molecule has 0 bridgehead atoms. The Morgan fingerprint density at radius 1 is 1.05 bits per heavy atom. The van der Waals surface area contributed by atoms with Crippen LogP contribution in [-0.4, -0.2) is 11.2 Å². The standard InChI is InChI=1S/C19H30O/c1-18-9-3-4-16(18)15-6-5-13-12-14(20)7-11-19(13,2)17(15)8-10-18/h5,14-17,20H,3-4,6-12H2,1-2H3/t14-,15?,16-,17-,18-,19-/m0/s1. The maximum atomic E-state index is 10.0. The molecular formula is C19H30O. The summed E-state index contributed by atoms with van der Waals surface area (Å²) >= 11 is 0. The Morgan fingerprint density at radius 3 is 2.75 bits per heavy atom. The van der Waals surface area contributed by atoms with Gasteiger partial charge in [-0.25, -0.2) is 0 Å². The second-order valence-corrected chi connectivity index (χ2v) is 8.74. The molecule has 1 unspecified atom stereocenters. The summed E-state index contributed by atoms with van der Waals surface area (Å²) in [5.41, 5.74) is 2.70. The van der Waals surface area contributed by atoms with Gasteiger partial charge in [0, 0.05) is 0 Å². The lowest BCUT2D eigenvalue weighted by atomic mass is 9.48. The fourth-order valence-corrected chi connectivity index (χ4v) is 6.63. The van der Waals surface area contributed by atoms with Crippen molar-refractivity contribution in [1.29, 1.82) is 0 Å². The first-order valence-corrected chi connectivity index (χ1v) is 8.90. The van der Waals surface area contributed by atoms with Crippen molar-refractivity contribution >= 4 is 0 Å². The second-order valence-electron chi connectivity index (χ2n) is 8.74. The third-order valence-corrected chi connectivity index (χ3v) is 7.86. The molecule has 6 atom stereocenters. The van der Waals surface area contributed by atoms with E-state index in [1.807, 2.05) is 0 Å². The highest BCUT2D eigenvalue weighted by Crippen LogP contribution is 2.64. The molecule has 0 radical (unpaired) electrons. The van der Waals surface area contributed by atoms with Crippen LogP contribution in [0.25, 0.3) is 0 Å². The Morgan fingerprint density at radius 2 is 1.90 bits per heavy atom. The van der Waals surface area contributed by atoms with Gasteiger partial charge in [-0.1, -0.05) is 31.9 Å². The van der Waals surface area contributed by atoms with Gasteiger partial charge in [-0.3, -0.25) is 0 Å². The monoisotopic (exact) mass is 274 g/mol. The van der Waals surface area contributed by atoms with E-state index < -0.39 is 0 Å². The summed E-state index contributed by atoms with van der Waals surface area (Å²) in [5, 5.41) is 10.0. The van der Waals surface area contributed by atoms with Gasteiger partial charge in [0.2, 0.25) is 0 Å². The SMILES string of the molecule is C[C@@]12CCC[C@H]1C1CC=C3C[C@@H](O)CC[C@]3(C)[C@H]1CC2. The molecule has 0 amide bonds. The molecule has 112 valence electrons. The molecular weight excluding hydrogens is 244 g/mol. The molecule has 0 heterocycles. The lowest BCUT2D eigenvalue weighted by Crippen LogP contribution is -2.49. The molecule has 0 spiro atoms. The average Bonchev–Trinajstić information content (AvgIpc) is 2.81. The highest BCUT2D eigenvalue weighted by Gasteiger charge is 2.55. The largest absolute Gasteiger partial charge is 0.393 e. The third kappa shape index (κ3) is 1.71. The minimum atomic E-state index is -0.0637. The van der Waals surface area contributed by atoms with Crippen LogP contribution in [-0.2, 0) is 0 Å². The highest BCUT2D eigenvalue weighted by atomic mass is 16.3. The van der Waals surface area contributed by atoms with Crippen molar-refractivity contribution in [1.82, 2.24) is 0 Å². The summed E-state index contributed by atoms with van der Waals surface area (Å²) in [7, 11) is 0. The van der Waals surface area contributed by atoms with Gasteiger partial charge in [0.15, 0.2) is 0 Å². The molecule has 20 heavy (non-hydrogen) atoms. The van der Waals surface area contributed by atoms with Crippen molar-refractivity contribution in [3.63, 3.8) is 0 Å². The van der Waals surface area contributed by atoms with Crippen LogP contribution in [0.1, 0.15) is 71.6 Å². The number of aliphatic hydroxyl groups excluding tert-OH is 1. The highest BCUT2D eigenvalue weighted by molar-refractivity contribution is 5.25. The molecule has 4 aliphatic carbocycles. The van der Waals surface area contributed by atoms with Crippen molar-refractivity contribution < 1.29 is 5.11 Å². The Labute approximate surface area is 123 Å². The van der Waals surface area contributed by atoms with Crippen LogP contribution in [0, 0.1) is 28.6 Å². The first-order chi connectivity index (χ1) is 9.53. The van der Waals surface area contributed by atoms with Gasteiger partial charge in [0.25, 0.3) is 0 Å². The lowest BCUT2D eigenvalue weighted by molar-refractivity contribution is -0.0360. The Balaban J connectivity index is 1.68. The molecule has 0 aromatic rings. The quantitative estimate of drug-likeness (QED) is 0.635. The van der Waals surface area contributed by atoms with E-state index in [4.69, 9.17) is 0 Å². The van der Waals surface area contributed by atoms with Crippen LogP contribution in [0.3, 0.4) is 0 Å². The number of rotatable bonds is 0. The van der Waals surface area contributed by atoms with Crippen molar-refractivity contribution in [3.8, 4) is 0 Å². The van der Waals surface area contributed by atoms with Crippen LogP contribution in [0.4, 0.5) is 0 Å². The maximum absolute atomic E-state index is 10.0. The van der Waals surface area contributed by atoms with Gasteiger partial charge >= 0.3 is 0 Å². The smallest absolute Gasteiger partial charge is 0.0577 e. The van der Waals surface area contributed by atoms with Crippen molar-refractivity contribution in [2.75, 3.05) is 0 Å². The number of hydrogen-bond acceptors (Lipinski definition) is 1. The molecule has 3 fully saturated rings. The Kier molecular flexibility index (Phi) is 2.91. The molecule has 4 rings (SSSR count). The van der Waals surface area contributed by atoms with Crippen molar-refractivity contribution in [2.45, 2.75) is 77.7 Å². The zero-order chi connectivity index (χ0) is 14.0. The predicted octanol–water partition coefficient (Wildman–Crippen LogP) is 4.70. The van der Waals surface area contributed by atoms with Gasteiger partial charge < -0.3 is 5.11 Å². The summed E-state index contributed by atoms with van der Waals surface area (Å²) in [5.74, 6) is 2.84. The summed E-state index contributed by atoms with van der Waals surface area (Å²) < 4.78 is 0. The number of aliphatic hydroxyl groups is 1. The summed E-state index contributed by atoms with van der Waals surface area (Å²) in [6, 6.07) is 0. The van der Waals surface area contributed by atoms with Crippen LogP contribution in [0.15, 0.2) is 11.6 Å². The maximum Gasteiger partial charge on any atom is 0.0577 e. The van der Waals surface area contributed by atoms with Gasteiger partial charge in [-0.2, -0.15) is 0 Å². The van der Waals surface area contributed by atoms with E-state index in [2.05, 4.69) is 19.9 Å². The Hall–Kier alpha value is -0.300. The normalized spacial score (nSPS) is 54.6. The number of fused-ring (bicyclic) bond motifs is 5. The number of hydrogen-bond donors (Lipinski definition) is 1. The molecule has 4 aliphatic rings. The van der Waals surface area contributed by atoms with Crippen LogP contribution >= 0.6 is 0 Å². The fourth-order valence-electron chi connectivity index (χ4n) is 6.63. The zero-order valence-electron chi connectivity index (χ0n) is 13.2. The van der Waals surface area contributed by atoms with Crippen LogP contribution in [0.5, 0.6) is 0 Å². The third-order valence-electron chi connectivity index (χ3n) is 7.86. The summed E-state index contributed by atoms with van der Waals surface area (Å²) in [4.78, 5) is 0. The summed E-state index contributed by atoms with van der Waals surface area (Å²) in [6.45, 7) is 5.10. The van der Waals surface area contributed by atoms with Gasteiger partial charge in [0.05, 0.1) is 6.10 Å². The van der Waals surface area contributed by atoms with Gasteiger partial charge in [-0.15, -0.1) is 0 Å². The van der Waals surface area contributed by atoms with Gasteiger partial charge in [-0.05, 0) is 80.0 Å². The van der Waals surface area contributed by atoms with E-state index >= 15 is 0 Å². The predicted molar refractivity (Wildman–Crippen MR) is 82.3 cm³/mol. The number of allylic oxidation sites excluding steroid dienone is 1. The van der Waals surface area contributed by atoms with E-state index in [0.29, 0.717) is 10.8 Å². The van der Waals surface area contributed by atoms with E-state index in [1.54, 1.807) is 5.57 Å². The molecule has 0 aromatic heterocycles. The zero-order valence-corrected chi connectivity index (χ0v) is 13.2. The molecule has 0 aliphatic heterocycles. The van der Waals surface area contributed by atoms with Crippen molar-refractivity contribution in [3.05, 3.63) is 11.6 Å². The topological polar surface area (TPSA) is 20.2 Å². The minimum absolute atomic E-state index is 0.0637. The van der Waals surface area contributed by atoms with E-state index in [0.717, 1.165) is 30.6 Å². The van der Waals surface area contributed by atoms with Gasteiger partial charge in [0.1, 0.15) is 0 Å². The molecule has 1 heteroatoms. The van der Waals surface area contributed by atoms with E-state index in [-0.39, 0.29) is 6.10 Å². The van der Waals surface area contributed by atoms with E-state index in [9.17, 15) is 5.11 Å².